The average molecular weight is 755 g/mol. The molecular weight excluding hydrogens is 718 g/mol. The van der Waals surface area contributed by atoms with Gasteiger partial charge in [-0.15, -0.1) is 22.7 Å². The van der Waals surface area contributed by atoms with Crippen molar-refractivity contribution < 1.29 is 29.3 Å². The summed E-state index contributed by atoms with van der Waals surface area (Å²) in [6, 6.07) is 18.0. The van der Waals surface area contributed by atoms with Gasteiger partial charge in [0.25, 0.3) is 17.7 Å². The van der Waals surface area contributed by atoms with Gasteiger partial charge in [0.15, 0.2) is 0 Å². The van der Waals surface area contributed by atoms with Gasteiger partial charge in [0.1, 0.15) is 5.75 Å². The monoisotopic (exact) mass is 753 g/mol. The van der Waals surface area contributed by atoms with Crippen molar-refractivity contribution >= 4 is 62.0 Å². The molecule has 1 aliphatic heterocycles. The summed E-state index contributed by atoms with van der Waals surface area (Å²) in [6.07, 6.45) is 0. The van der Waals surface area contributed by atoms with Gasteiger partial charge in [-0.1, -0.05) is 40.2 Å². The summed E-state index contributed by atoms with van der Waals surface area (Å²) in [5.41, 5.74) is 5.79. The molecule has 3 amide bonds. The second-order valence-electron chi connectivity index (χ2n) is 11.0. The Morgan fingerprint density at radius 3 is 2.31 bits per heavy atom. The van der Waals surface area contributed by atoms with Crippen LogP contribution in [0.2, 0.25) is 0 Å². The number of thiophene rings is 2. The molecule has 2 aromatic heterocycles. The van der Waals surface area contributed by atoms with Crippen LogP contribution in [0.3, 0.4) is 0 Å². The number of halogens is 1. The fourth-order valence-corrected chi connectivity index (χ4v) is 7.09. The largest absolute Gasteiger partial charge is 0.506 e. The third-order valence-electron chi connectivity index (χ3n) is 7.74. The van der Waals surface area contributed by atoms with Gasteiger partial charge in [0.05, 0.1) is 45.7 Å². The Balaban J connectivity index is 1.08. The molecule has 48 heavy (non-hydrogen) atoms. The van der Waals surface area contributed by atoms with Crippen LogP contribution in [0.4, 0.5) is 0 Å². The number of nitrogens with zero attached hydrogens (tertiary/aromatic N) is 3. The summed E-state index contributed by atoms with van der Waals surface area (Å²) in [5, 5.41) is 28.4. The molecule has 252 valence electrons. The number of piperazine rings is 1. The van der Waals surface area contributed by atoms with Crippen LogP contribution in [0.15, 0.2) is 75.6 Å². The zero-order valence-electron chi connectivity index (χ0n) is 26.3. The van der Waals surface area contributed by atoms with E-state index in [0.717, 1.165) is 46.6 Å². The first-order valence-electron chi connectivity index (χ1n) is 15.3. The van der Waals surface area contributed by atoms with E-state index in [-0.39, 0.29) is 30.7 Å². The lowest BCUT2D eigenvalue weighted by atomic mass is 10.1. The quantitative estimate of drug-likeness (QED) is 0.0873. The van der Waals surface area contributed by atoms with Crippen LogP contribution in [0.5, 0.6) is 5.75 Å². The maximum Gasteiger partial charge on any atom is 0.281 e. The van der Waals surface area contributed by atoms with Gasteiger partial charge < -0.3 is 25.2 Å². The standard InChI is InChI=1S/C34H36BrN5O6S2/c1-22(27-21-47-31(30(27)42)24-6-8-26(35)9-7-24)37-38-33(44)29-11-10-28(48-29)32(43)36-20-23-2-4-25(5-3-23)34(45)40-14-12-39(13-15-40)16-18-46-19-17-41/h2-11,21,41-42H,12-20H2,1H3,(H,36,43)(H,38,44)/b37-22+. The first-order chi connectivity index (χ1) is 23.2. The minimum Gasteiger partial charge on any atom is -0.506 e. The minimum absolute atomic E-state index is 0.0148. The first kappa shape index (κ1) is 35.4. The molecule has 11 nitrogen and oxygen atoms in total. The molecule has 1 aliphatic rings. The number of nitrogens with one attached hydrogen (secondary N) is 2. The number of hydrogen-bond donors (Lipinski definition) is 4. The van der Waals surface area contributed by atoms with Crippen molar-refractivity contribution in [2.45, 2.75) is 13.5 Å². The number of hydrogen-bond acceptors (Lipinski definition) is 10. The molecule has 1 saturated heterocycles. The highest BCUT2D eigenvalue weighted by molar-refractivity contribution is 9.10. The molecule has 0 unspecified atom stereocenters. The molecule has 4 N–H and O–H groups in total. The summed E-state index contributed by atoms with van der Waals surface area (Å²) in [5.74, 6) is -0.707. The first-order valence-corrected chi connectivity index (χ1v) is 17.8. The van der Waals surface area contributed by atoms with Crippen molar-refractivity contribution in [2.24, 2.45) is 5.10 Å². The van der Waals surface area contributed by atoms with E-state index >= 15 is 0 Å². The van der Waals surface area contributed by atoms with Crippen LogP contribution >= 0.6 is 38.6 Å². The smallest absolute Gasteiger partial charge is 0.281 e. The lowest BCUT2D eigenvalue weighted by Crippen LogP contribution is -2.49. The molecule has 0 bridgehead atoms. The van der Waals surface area contributed by atoms with Crippen LogP contribution in [0.25, 0.3) is 10.4 Å². The maximum absolute atomic E-state index is 13.0. The summed E-state index contributed by atoms with van der Waals surface area (Å²) >= 11 is 5.85. The summed E-state index contributed by atoms with van der Waals surface area (Å²) in [4.78, 5) is 44.1. The van der Waals surface area contributed by atoms with E-state index in [0.29, 0.717) is 57.8 Å². The van der Waals surface area contributed by atoms with Crippen molar-refractivity contribution in [3.63, 3.8) is 0 Å². The number of benzene rings is 2. The van der Waals surface area contributed by atoms with Gasteiger partial charge in [-0.2, -0.15) is 5.10 Å². The van der Waals surface area contributed by atoms with Crippen LogP contribution in [-0.2, 0) is 11.3 Å². The van der Waals surface area contributed by atoms with E-state index in [9.17, 15) is 19.5 Å². The van der Waals surface area contributed by atoms with Crippen LogP contribution < -0.4 is 10.7 Å². The minimum atomic E-state index is -0.463. The molecule has 2 aromatic carbocycles. The zero-order valence-corrected chi connectivity index (χ0v) is 29.5. The van der Waals surface area contributed by atoms with Crippen molar-refractivity contribution in [3.05, 3.63) is 97.0 Å². The van der Waals surface area contributed by atoms with Gasteiger partial charge in [-0.05, 0) is 54.4 Å². The summed E-state index contributed by atoms with van der Waals surface area (Å²) in [7, 11) is 0. The normalized spacial score (nSPS) is 13.8. The molecular formula is C34H36BrN5O6S2. The number of carbonyl (C=O) groups is 3. The predicted molar refractivity (Wildman–Crippen MR) is 191 cm³/mol. The Bertz CT molecular complexity index is 1750. The second-order valence-corrected chi connectivity index (χ2v) is 13.9. The third kappa shape index (κ3) is 9.15. The number of aliphatic hydroxyl groups excluding tert-OH is 1. The maximum atomic E-state index is 13.0. The molecule has 0 spiro atoms. The van der Waals surface area contributed by atoms with Gasteiger partial charge in [0.2, 0.25) is 0 Å². The van der Waals surface area contributed by atoms with Gasteiger partial charge >= 0.3 is 0 Å². The van der Waals surface area contributed by atoms with E-state index < -0.39 is 5.91 Å². The fraction of sp³-hybridized carbons (Fsp3) is 0.294. The van der Waals surface area contributed by atoms with Gasteiger partial charge in [-0.3, -0.25) is 19.3 Å². The topological polar surface area (TPSA) is 144 Å². The molecule has 5 rings (SSSR count). The number of aromatic hydroxyl groups is 1. The molecule has 0 radical (unpaired) electrons. The van der Waals surface area contributed by atoms with Gasteiger partial charge in [0, 0.05) is 54.7 Å². The number of ether oxygens (including phenoxy) is 1. The van der Waals surface area contributed by atoms with Crippen LogP contribution in [0, 0.1) is 0 Å². The van der Waals surface area contributed by atoms with Crippen molar-refractivity contribution in [3.8, 4) is 16.2 Å². The SMILES string of the molecule is C/C(=N\NC(=O)c1ccc(C(=O)NCc2ccc(C(=O)N3CCN(CCOCCO)CC3)cc2)s1)c1csc(-c2ccc(Br)cc2)c1O. The average Bonchev–Trinajstić information content (AvgIpc) is 3.76. The lowest BCUT2D eigenvalue weighted by Gasteiger charge is -2.34. The molecule has 0 aliphatic carbocycles. The number of amides is 3. The summed E-state index contributed by atoms with van der Waals surface area (Å²) in [6.45, 7) is 6.45. The number of carbonyl (C=O) groups excluding carboxylic acids is 3. The van der Waals surface area contributed by atoms with E-state index in [2.05, 4.69) is 36.7 Å². The zero-order chi connectivity index (χ0) is 34.0. The summed E-state index contributed by atoms with van der Waals surface area (Å²) < 4.78 is 6.27. The number of rotatable bonds is 13. The van der Waals surface area contributed by atoms with E-state index in [1.807, 2.05) is 41.3 Å². The molecule has 14 heteroatoms. The molecule has 0 atom stereocenters. The Labute approximate surface area is 295 Å². The molecule has 3 heterocycles. The van der Waals surface area contributed by atoms with Crippen molar-refractivity contribution in [1.82, 2.24) is 20.5 Å². The third-order valence-corrected chi connectivity index (χ3v) is 10.4. The van der Waals surface area contributed by atoms with Crippen molar-refractivity contribution in [2.75, 3.05) is 52.5 Å². The van der Waals surface area contributed by atoms with Gasteiger partial charge in [-0.25, -0.2) is 5.43 Å². The highest BCUT2D eigenvalue weighted by Crippen LogP contribution is 2.39. The van der Waals surface area contributed by atoms with Crippen molar-refractivity contribution in [1.29, 1.82) is 0 Å². The molecule has 1 fully saturated rings. The number of hydrazone groups is 1. The second kappa shape index (κ2) is 17.0. The Morgan fingerprint density at radius 2 is 1.62 bits per heavy atom. The fourth-order valence-electron chi connectivity index (χ4n) is 5.00. The lowest BCUT2D eigenvalue weighted by molar-refractivity contribution is 0.0486. The van der Waals surface area contributed by atoms with E-state index in [4.69, 9.17) is 9.84 Å². The van der Waals surface area contributed by atoms with E-state index in [1.54, 1.807) is 36.6 Å². The predicted octanol–water partition coefficient (Wildman–Crippen LogP) is 4.80. The number of aliphatic hydroxyl groups is 1. The Hall–Kier alpha value is -3.92. The molecule has 4 aromatic rings. The van der Waals surface area contributed by atoms with Crippen LogP contribution in [0.1, 0.15) is 47.8 Å². The Kier molecular flexibility index (Phi) is 12.5. The molecule has 0 saturated carbocycles. The van der Waals surface area contributed by atoms with E-state index in [1.165, 1.54) is 11.3 Å². The van der Waals surface area contributed by atoms with Crippen LogP contribution in [-0.4, -0.2) is 96.0 Å². The highest BCUT2D eigenvalue weighted by Gasteiger charge is 2.22. The highest BCUT2D eigenvalue weighted by atomic mass is 79.9. The Morgan fingerprint density at radius 1 is 0.938 bits per heavy atom.